The minimum atomic E-state index is -4.52. The van der Waals surface area contributed by atoms with Crippen LogP contribution < -0.4 is 10.2 Å². The fourth-order valence-corrected chi connectivity index (χ4v) is 5.53. The number of carbonyl (C=O) groups is 2. The molecule has 1 rings (SSSR count). The summed E-state index contributed by atoms with van der Waals surface area (Å²) in [5.41, 5.74) is -1.04. The molecule has 0 fully saturated rings. The van der Waals surface area contributed by atoms with Gasteiger partial charge in [-0.3, -0.25) is 29.8 Å². The molecule has 0 aliphatic heterocycles. The molecule has 0 heterocycles. The Morgan fingerprint density at radius 2 is 1.42 bits per heavy atom. The SMILES string of the molecule is CCCCCCCCCCCCCCCC(=O)OC[C@H](CO[P+]([O-])(O)OCC[N+](C)(C)C)OC(=O)CCNc1ccc([N+](=O)[O-])cc1[N+](=O)[O-]. The second kappa shape index (κ2) is 25.0. The number of carbonyl (C=O) groups excluding carboxylic acids is 2. The van der Waals surface area contributed by atoms with Gasteiger partial charge in [-0.1, -0.05) is 84.0 Å². The van der Waals surface area contributed by atoms with E-state index in [-0.39, 0.29) is 31.7 Å². The van der Waals surface area contributed by atoms with Crippen molar-refractivity contribution in [1.82, 2.24) is 0 Å². The third kappa shape index (κ3) is 22.7. The molecule has 50 heavy (non-hydrogen) atoms. The van der Waals surface area contributed by atoms with Gasteiger partial charge in [-0.2, -0.15) is 13.9 Å². The van der Waals surface area contributed by atoms with E-state index in [2.05, 4.69) is 12.2 Å². The molecular formula is C33H58N4O12P+. The first kappa shape index (κ1) is 45.0. The third-order valence-corrected chi connectivity index (χ3v) is 8.67. The fourth-order valence-electron chi connectivity index (χ4n) is 4.78. The topological polar surface area (TPSA) is 213 Å². The first-order valence-corrected chi connectivity index (χ1v) is 19.1. The molecular weight excluding hydrogens is 675 g/mol. The zero-order chi connectivity index (χ0) is 37.4. The summed E-state index contributed by atoms with van der Waals surface area (Å²) in [4.78, 5) is 68.3. The van der Waals surface area contributed by atoms with Gasteiger partial charge >= 0.3 is 20.1 Å². The van der Waals surface area contributed by atoms with Gasteiger partial charge in [0.2, 0.25) is 0 Å². The van der Waals surface area contributed by atoms with Gasteiger partial charge in [0.25, 0.3) is 11.4 Å². The predicted molar refractivity (Wildman–Crippen MR) is 188 cm³/mol. The monoisotopic (exact) mass is 733 g/mol. The summed E-state index contributed by atoms with van der Waals surface area (Å²) < 4.78 is 21.2. The number of non-ortho nitro benzene ring substituents is 1. The Bertz CT molecular complexity index is 1170. The number of hydrogen-bond donors (Lipinski definition) is 2. The number of ether oxygens (including phenoxy) is 2. The molecule has 17 heteroatoms. The normalized spacial score (nSPS) is 13.3. The molecule has 0 radical (unpaired) electrons. The molecule has 0 bridgehead atoms. The molecule has 1 aromatic rings. The molecule has 2 atom stereocenters. The number of likely N-dealkylation sites (N-methyl/N-ethyl adjacent to an activating group) is 1. The Kier molecular flexibility index (Phi) is 22.5. The molecule has 1 aromatic carbocycles. The summed E-state index contributed by atoms with van der Waals surface area (Å²) in [6, 6.07) is 3.05. The molecule has 0 aromatic heterocycles. The summed E-state index contributed by atoms with van der Waals surface area (Å²) in [6.07, 6.45) is 13.8. The van der Waals surface area contributed by atoms with Crippen LogP contribution in [0, 0.1) is 20.2 Å². The quantitative estimate of drug-likeness (QED) is 0.0232. The number of hydrogen-bond acceptors (Lipinski definition) is 13. The molecule has 1 unspecified atom stereocenters. The van der Waals surface area contributed by atoms with E-state index < -0.39 is 60.6 Å². The number of nitro groups is 2. The number of nitrogens with zero attached hydrogens (tertiary/aromatic N) is 3. The number of esters is 2. The molecule has 286 valence electrons. The lowest BCUT2D eigenvalue weighted by Gasteiger charge is -2.26. The Balaban J connectivity index is 2.56. The van der Waals surface area contributed by atoms with Gasteiger partial charge in [0.05, 0.1) is 43.5 Å². The lowest BCUT2D eigenvalue weighted by atomic mass is 10.0. The maximum absolute atomic E-state index is 12.6. The molecule has 0 aliphatic rings. The van der Waals surface area contributed by atoms with E-state index in [0.717, 1.165) is 37.5 Å². The Morgan fingerprint density at radius 3 is 1.96 bits per heavy atom. The maximum atomic E-state index is 12.6. The third-order valence-electron chi connectivity index (χ3n) is 7.69. The fraction of sp³-hybridized carbons (Fsp3) is 0.758. The van der Waals surface area contributed by atoms with Crippen LogP contribution in [0.1, 0.15) is 103 Å². The second-order valence-electron chi connectivity index (χ2n) is 13.3. The number of unbranched alkanes of at least 4 members (excludes halogenated alkanes) is 12. The highest BCUT2D eigenvalue weighted by atomic mass is 31.2. The highest BCUT2D eigenvalue weighted by Crippen LogP contribution is 2.47. The van der Waals surface area contributed by atoms with E-state index in [1.807, 2.05) is 21.1 Å². The molecule has 0 amide bonds. The first-order valence-electron chi connectivity index (χ1n) is 17.6. The van der Waals surface area contributed by atoms with E-state index in [0.29, 0.717) is 17.4 Å². The average Bonchev–Trinajstić information content (AvgIpc) is 3.03. The molecule has 0 saturated heterocycles. The number of nitrogens with one attached hydrogen (secondary N) is 1. The van der Waals surface area contributed by atoms with Crippen LogP contribution in [0.25, 0.3) is 0 Å². The van der Waals surface area contributed by atoms with Crippen molar-refractivity contribution in [3.8, 4) is 0 Å². The summed E-state index contributed by atoms with van der Waals surface area (Å²) in [6.45, 7) is 1.40. The number of nitro benzene ring substituents is 2. The van der Waals surface area contributed by atoms with Gasteiger partial charge < -0.3 is 24.2 Å². The standard InChI is InChI=1S/C33H57N4O12P/c1-5-6-7-8-9-10-11-12-13-14-15-16-17-18-32(38)46-26-29(27-48-50(44,45)47-24-23-37(2,3)4)49-33(39)21-22-34-30-20-19-28(35(40)41)25-31(30)36(42)43/h19-20,25,29,34H,5-18,21-24,26-27H2,1-4H3/p+1/t29-/m1/s1. The summed E-state index contributed by atoms with van der Waals surface area (Å²) in [5, 5.41) is 25.0. The van der Waals surface area contributed by atoms with E-state index in [1.165, 1.54) is 57.8 Å². The molecule has 16 nitrogen and oxygen atoms in total. The number of phosphoric acid groups is 1. The molecule has 0 saturated carbocycles. The number of benzene rings is 1. The Morgan fingerprint density at radius 1 is 0.840 bits per heavy atom. The van der Waals surface area contributed by atoms with Gasteiger partial charge in [0, 0.05) is 19.0 Å². The lowest BCUT2D eigenvalue weighted by Crippen LogP contribution is -2.38. The van der Waals surface area contributed by atoms with Crippen molar-refractivity contribution >= 4 is 37.2 Å². The lowest BCUT2D eigenvalue weighted by molar-refractivity contribution is -0.870. The number of rotatable bonds is 30. The summed E-state index contributed by atoms with van der Waals surface area (Å²) in [7, 11) is 1.11. The van der Waals surface area contributed by atoms with E-state index >= 15 is 0 Å². The Labute approximate surface area is 296 Å². The van der Waals surface area contributed by atoms with Crippen molar-refractivity contribution in [2.75, 3.05) is 59.4 Å². The Hall–Kier alpha value is -3.01. The minimum absolute atomic E-state index is 0.0392. The van der Waals surface area contributed by atoms with Gasteiger partial charge in [0.15, 0.2) is 6.10 Å². The van der Waals surface area contributed by atoms with E-state index in [4.69, 9.17) is 18.5 Å². The smallest absolute Gasteiger partial charge is 0.377 e. The van der Waals surface area contributed by atoms with Crippen molar-refractivity contribution in [2.24, 2.45) is 0 Å². The summed E-state index contributed by atoms with van der Waals surface area (Å²) in [5.74, 6) is -1.32. The molecule has 0 aliphatic carbocycles. The van der Waals surface area contributed by atoms with Crippen LogP contribution in [0.2, 0.25) is 0 Å². The van der Waals surface area contributed by atoms with Crippen LogP contribution in [0.3, 0.4) is 0 Å². The van der Waals surface area contributed by atoms with Crippen molar-refractivity contribution in [2.45, 2.75) is 109 Å². The second-order valence-corrected chi connectivity index (χ2v) is 14.7. The van der Waals surface area contributed by atoms with Gasteiger partial charge in [0.1, 0.15) is 32.1 Å². The van der Waals surface area contributed by atoms with Crippen LogP contribution in [-0.2, 0) is 28.1 Å². The molecule has 2 N–H and O–H groups in total. The van der Waals surface area contributed by atoms with E-state index in [1.54, 1.807) is 0 Å². The first-order chi connectivity index (χ1) is 23.6. The van der Waals surface area contributed by atoms with Gasteiger partial charge in [-0.15, -0.1) is 0 Å². The van der Waals surface area contributed by atoms with Crippen LogP contribution in [0.5, 0.6) is 0 Å². The van der Waals surface area contributed by atoms with Crippen LogP contribution in [0.4, 0.5) is 17.1 Å². The largest absolute Gasteiger partial charge is 0.606 e. The summed E-state index contributed by atoms with van der Waals surface area (Å²) >= 11 is 0. The number of quaternary nitrogens is 1. The zero-order valence-corrected chi connectivity index (χ0v) is 31.1. The van der Waals surface area contributed by atoms with Crippen molar-refractivity contribution in [3.05, 3.63) is 38.4 Å². The van der Waals surface area contributed by atoms with Crippen molar-refractivity contribution < 1.29 is 52.2 Å². The van der Waals surface area contributed by atoms with Crippen LogP contribution in [-0.4, -0.2) is 91.3 Å². The average molecular weight is 734 g/mol. The van der Waals surface area contributed by atoms with Crippen LogP contribution in [0.15, 0.2) is 18.2 Å². The van der Waals surface area contributed by atoms with Crippen molar-refractivity contribution in [3.63, 3.8) is 0 Å². The van der Waals surface area contributed by atoms with Crippen molar-refractivity contribution in [1.29, 1.82) is 0 Å². The number of anilines is 1. The van der Waals surface area contributed by atoms with Crippen LogP contribution >= 0.6 is 8.17 Å². The predicted octanol–water partition coefficient (Wildman–Crippen LogP) is 6.01. The number of phosphoric ester groups is 1. The highest BCUT2D eigenvalue weighted by molar-refractivity contribution is 7.52. The minimum Gasteiger partial charge on any atom is -0.606 e. The maximum Gasteiger partial charge on any atom is 0.377 e. The van der Waals surface area contributed by atoms with Gasteiger partial charge in [-0.05, 0) is 12.5 Å². The zero-order valence-electron chi connectivity index (χ0n) is 30.2. The van der Waals surface area contributed by atoms with E-state index in [9.17, 15) is 39.6 Å². The van der Waals surface area contributed by atoms with Gasteiger partial charge in [-0.25, -0.2) is 0 Å². The highest BCUT2D eigenvalue weighted by Gasteiger charge is 2.31. The molecule has 0 spiro atoms.